The maximum Gasteiger partial charge on any atom is 0.258 e. The van der Waals surface area contributed by atoms with Gasteiger partial charge in [0.2, 0.25) is 0 Å². The fourth-order valence-corrected chi connectivity index (χ4v) is 2.59. The number of benzene rings is 2. The lowest BCUT2D eigenvalue weighted by Crippen LogP contribution is -2.36. The molecule has 1 atom stereocenters. The standard InChI is InChI=1S/C20H23NO6/c1-13-6-4-5-7-16(13)27-12-19(22)21-15(11-20(23)24)14-8-9-17(25-2)18(10-14)26-3/h4-10,15H,11-12H2,1-3H3,(H,21,22)(H,23,24)/p-1/t15-/m0/s1. The highest BCUT2D eigenvalue weighted by Crippen LogP contribution is 2.30. The van der Waals surface area contributed by atoms with E-state index < -0.39 is 17.9 Å². The Bertz CT molecular complexity index is 805. The molecule has 1 N–H and O–H groups in total. The van der Waals surface area contributed by atoms with Crippen molar-refractivity contribution in [1.82, 2.24) is 5.32 Å². The predicted octanol–water partition coefficient (Wildman–Crippen LogP) is 1.39. The monoisotopic (exact) mass is 372 g/mol. The Hall–Kier alpha value is -3.22. The molecule has 27 heavy (non-hydrogen) atoms. The van der Waals surface area contributed by atoms with Crippen LogP contribution in [0.4, 0.5) is 0 Å². The molecule has 7 nitrogen and oxygen atoms in total. The molecular weight excluding hydrogens is 350 g/mol. The van der Waals surface area contributed by atoms with Gasteiger partial charge in [-0.15, -0.1) is 0 Å². The Morgan fingerprint density at radius 2 is 1.74 bits per heavy atom. The summed E-state index contributed by atoms with van der Waals surface area (Å²) in [7, 11) is 2.98. The number of methoxy groups -OCH3 is 2. The molecule has 0 fully saturated rings. The van der Waals surface area contributed by atoms with Gasteiger partial charge in [0.1, 0.15) is 5.75 Å². The fraction of sp³-hybridized carbons (Fsp3) is 0.300. The van der Waals surface area contributed by atoms with Crippen LogP contribution in [0.25, 0.3) is 0 Å². The smallest absolute Gasteiger partial charge is 0.258 e. The minimum atomic E-state index is -1.28. The number of hydrogen-bond donors (Lipinski definition) is 1. The van der Waals surface area contributed by atoms with E-state index in [0.29, 0.717) is 22.8 Å². The highest BCUT2D eigenvalue weighted by Gasteiger charge is 2.18. The van der Waals surface area contributed by atoms with Gasteiger partial charge in [-0.05, 0) is 36.2 Å². The summed E-state index contributed by atoms with van der Waals surface area (Å²) in [6.45, 7) is 1.64. The van der Waals surface area contributed by atoms with Crippen molar-refractivity contribution in [2.24, 2.45) is 0 Å². The van der Waals surface area contributed by atoms with Crippen LogP contribution in [-0.2, 0) is 9.59 Å². The summed E-state index contributed by atoms with van der Waals surface area (Å²) in [5.74, 6) is -0.198. The van der Waals surface area contributed by atoms with Crippen molar-refractivity contribution in [3.63, 3.8) is 0 Å². The van der Waals surface area contributed by atoms with Crippen molar-refractivity contribution in [2.75, 3.05) is 20.8 Å². The van der Waals surface area contributed by atoms with Crippen molar-refractivity contribution >= 4 is 11.9 Å². The summed E-state index contributed by atoms with van der Waals surface area (Å²) < 4.78 is 15.9. The molecule has 0 spiro atoms. The minimum absolute atomic E-state index is 0.234. The van der Waals surface area contributed by atoms with Crippen molar-refractivity contribution in [1.29, 1.82) is 0 Å². The summed E-state index contributed by atoms with van der Waals surface area (Å²) >= 11 is 0. The first-order valence-corrected chi connectivity index (χ1v) is 8.34. The third kappa shape index (κ3) is 5.64. The number of hydrogen-bond acceptors (Lipinski definition) is 6. The molecule has 0 unspecified atom stereocenters. The molecule has 0 aliphatic heterocycles. The molecule has 2 aromatic rings. The van der Waals surface area contributed by atoms with E-state index >= 15 is 0 Å². The Kier molecular flexibility index (Phi) is 7.05. The second-order valence-electron chi connectivity index (χ2n) is 5.86. The van der Waals surface area contributed by atoms with Crippen molar-refractivity contribution in [3.8, 4) is 17.2 Å². The summed E-state index contributed by atoms with van der Waals surface area (Å²) in [4.78, 5) is 23.4. The maximum atomic E-state index is 12.3. The van der Waals surface area contributed by atoms with Crippen LogP contribution >= 0.6 is 0 Å². The number of carbonyl (C=O) groups excluding carboxylic acids is 2. The lowest BCUT2D eigenvalue weighted by atomic mass is 10.0. The van der Waals surface area contributed by atoms with Gasteiger partial charge in [-0.3, -0.25) is 4.79 Å². The molecule has 0 saturated carbocycles. The summed E-state index contributed by atoms with van der Waals surface area (Å²) in [6.07, 6.45) is -0.383. The van der Waals surface area contributed by atoms with Gasteiger partial charge in [-0.25, -0.2) is 0 Å². The lowest BCUT2D eigenvalue weighted by Gasteiger charge is -2.21. The van der Waals surface area contributed by atoms with Crippen LogP contribution in [0.3, 0.4) is 0 Å². The average Bonchev–Trinajstić information content (AvgIpc) is 2.66. The van der Waals surface area contributed by atoms with Crippen LogP contribution in [0, 0.1) is 6.92 Å². The molecule has 0 saturated heterocycles. The molecule has 0 aliphatic rings. The van der Waals surface area contributed by atoms with Crippen molar-refractivity contribution < 1.29 is 28.9 Å². The number of ether oxygens (including phenoxy) is 3. The predicted molar refractivity (Wildman–Crippen MR) is 96.7 cm³/mol. The number of carboxylic acid groups (broad SMARTS) is 1. The SMILES string of the molecule is COc1ccc([C@H](CC(=O)[O-])NC(=O)COc2ccccc2C)cc1OC. The second-order valence-corrected chi connectivity index (χ2v) is 5.86. The zero-order valence-corrected chi connectivity index (χ0v) is 15.5. The minimum Gasteiger partial charge on any atom is -0.550 e. The van der Waals surface area contributed by atoms with Gasteiger partial charge >= 0.3 is 0 Å². The molecule has 0 aromatic heterocycles. The number of carboxylic acids is 1. The van der Waals surface area contributed by atoms with E-state index in [0.717, 1.165) is 5.56 Å². The van der Waals surface area contributed by atoms with E-state index in [4.69, 9.17) is 14.2 Å². The third-order valence-electron chi connectivity index (χ3n) is 3.97. The number of nitrogens with one attached hydrogen (secondary N) is 1. The van der Waals surface area contributed by atoms with Gasteiger partial charge in [0.05, 0.1) is 20.3 Å². The van der Waals surface area contributed by atoms with Gasteiger partial charge in [0.25, 0.3) is 5.91 Å². The van der Waals surface area contributed by atoms with E-state index in [1.807, 2.05) is 25.1 Å². The van der Waals surface area contributed by atoms with Crippen LogP contribution in [0.1, 0.15) is 23.6 Å². The average molecular weight is 372 g/mol. The Morgan fingerprint density at radius 3 is 2.37 bits per heavy atom. The summed E-state index contributed by atoms with van der Waals surface area (Å²) in [5.41, 5.74) is 1.46. The van der Waals surface area contributed by atoms with Gasteiger partial charge in [-0.2, -0.15) is 0 Å². The van der Waals surface area contributed by atoms with Crippen LogP contribution < -0.4 is 24.6 Å². The van der Waals surface area contributed by atoms with Crippen LogP contribution in [0.5, 0.6) is 17.2 Å². The topological polar surface area (TPSA) is 96.9 Å². The highest BCUT2D eigenvalue weighted by molar-refractivity contribution is 5.79. The number of aliphatic carboxylic acids is 1. The number of aryl methyl sites for hydroxylation is 1. The van der Waals surface area contributed by atoms with Crippen molar-refractivity contribution in [2.45, 2.75) is 19.4 Å². The summed E-state index contributed by atoms with van der Waals surface area (Å²) in [5, 5.41) is 13.8. The first kappa shape index (κ1) is 20.1. The molecule has 2 rings (SSSR count). The van der Waals surface area contributed by atoms with E-state index in [9.17, 15) is 14.7 Å². The first-order chi connectivity index (χ1) is 12.9. The van der Waals surface area contributed by atoms with Crippen molar-refractivity contribution in [3.05, 3.63) is 53.6 Å². The molecule has 7 heteroatoms. The zero-order valence-electron chi connectivity index (χ0n) is 15.5. The van der Waals surface area contributed by atoms with Crippen LogP contribution in [0.2, 0.25) is 0 Å². The number of rotatable bonds is 9. The largest absolute Gasteiger partial charge is 0.550 e. The van der Waals surface area contributed by atoms with E-state index in [1.54, 1.807) is 24.3 Å². The number of para-hydroxylation sites is 1. The number of amides is 1. The molecule has 0 bridgehead atoms. The van der Waals surface area contributed by atoms with E-state index in [1.165, 1.54) is 14.2 Å². The molecule has 0 aliphatic carbocycles. The molecule has 144 valence electrons. The quantitative estimate of drug-likeness (QED) is 0.714. The Morgan fingerprint density at radius 1 is 1.04 bits per heavy atom. The molecule has 1 amide bonds. The molecule has 0 heterocycles. The normalized spacial score (nSPS) is 11.4. The zero-order chi connectivity index (χ0) is 19.8. The van der Waals surface area contributed by atoms with E-state index in [-0.39, 0.29) is 13.0 Å². The third-order valence-corrected chi connectivity index (χ3v) is 3.97. The van der Waals surface area contributed by atoms with Gasteiger partial charge in [-0.1, -0.05) is 24.3 Å². The highest BCUT2D eigenvalue weighted by atomic mass is 16.5. The fourth-order valence-electron chi connectivity index (χ4n) is 2.59. The van der Waals surface area contributed by atoms with Crippen LogP contribution in [0.15, 0.2) is 42.5 Å². The number of carbonyl (C=O) groups is 2. The van der Waals surface area contributed by atoms with Gasteiger partial charge in [0, 0.05) is 12.4 Å². The first-order valence-electron chi connectivity index (χ1n) is 8.34. The molecule has 0 radical (unpaired) electrons. The van der Waals surface area contributed by atoms with Gasteiger partial charge < -0.3 is 29.4 Å². The molecule has 2 aromatic carbocycles. The Balaban J connectivity index is 2.11. The molecular formula is C20H22NO6-. The summed E-state index contributed by atoms with van der Waals surface area (Å²) in [6, 6.07) is 11.4. The van der Waals surface area contributed by atoms with Crippen LogP contribution in [-0.4, -0.2) is 32.7 Å². The maximum absolute atomic E-state index is 12.3. The second kappa shape index (κ2) is 9.47. The Labute approximate surface area is 157 Å². The van der Waals surface area contributed by atoms with E-state index in [2.05, 4.69) is 5.32 Å². The van der Waals surface area contributed by atoms with Gasteiger partial charge in [0.15, 0.2) is 18.1 Å². The lowest BCUT2D eigenvalue weighted by molar-refractivity contribution is -0.306.